The molecule has 0 radical (unpaired) electrons. The molecule has 0 heterocycles. The summed E-state index contributed by atoms with van der Waals surface area (Å²) in [6, 6.07) is 0. The first-order chi connectivity index (χ1) is 11.8. The molecule has 9 nitrogen and oxygen atoms in total. The van der Waals surface area contributed by atoms with E-state index in [4.69, 9.17) is 18.9 Å². The van der Waals surface area contributed by atoms with Crippen LogP contribution in [-0.2, 0) is 38.1 Å². The molecule has 0 aliphatic rings. The maximum Gasteiger partial charge on any atom is 0.508 e. The molecular weight excluding hydrogens is 347 g/mol. The van der Waals surface area contributed by atoms with E-state index in [1.54, 1.807) is 0 Å². The zero-order valence-electron chi connectivity index (χ0n) is 13.9. The van der Waals surface area contributed by atoms with Crippen molar-refractivity contribution in [3.63, 3.8) is 0 Å². The van der Waals surface area contributed by atoms with Crippen molar-refractivity contribution in [1.82, 2.24) is 0 Å². The van der Waals surface area contributed by atoms with Gasteiger partial charge in [0.25, 0.3) is 0 Å². The van der Waals surface area contributed by atoms with Crippen molar-refractivity contribution in [2.75, 3.05) is 33.5 Å². The van der Waals surface area contributed by atoms with Crippen molar-refractivity contribution in [2.24, 2.45) is 5.41 Å². The fraction of sp³-hybridized carbons (Fsp3) is 0.375. The molecule has 0 saturated carbocycles. The van der Waals surface area contributed by atoms with Crippen LogP contribution in [0.2, 0.25) is 0 Å². The molecule has 0 atom stereocenters. The van der Waals surface area contributed by atoms with E-state index < -0.39 is 55.9 Å². The van der Waals surface area contributed by atoms with Crippen molar-refractivity contribution in [1.29, 1.82) is 0 Å². The van der Waals surface area contributed by atoms with Gasteiger partial charge in [-0.05, 0) is 0 Å². The van der Waals surface area contributed by atoms with Gasteiger partial charge in [0, 0.05) is 18.2 Å². The maximum atomic E-state index is 11.3. The molecule has 0 amide bonds. The SMILES string of the molecule is C=CC(=O)OCC(COC(=O)C=C)(COC(=O)C=C)COC(=O)OC.[BH4-]. The molecule has 0 fully saturated rings. The second-order valence-electron chi connectivity index (χ2n) is 4.68. The Kier molecular flexibility index (Phi) is 12.9. The lowest BCUT2D eigenvalue weighted by molar-refractivity contribution is -0.159. The molecular formula is C16H24BO9-. The Labute approximate surface area is 153 Å². The van der Waals surface area contributed by atoms with Crippen LogP contribution in [0.5, 0.6) is 0 Å². The number of ether oxygens (including phenoxy) is 5. The number of carbonyl (C=O) groups excluding carboxylic acids is 4. The quantitative estimate of drug-likeness (QED) is 0.205. The number of rotatable bonds is 11. The summed E-state index contributed by atoms with van der Waals surface area (Å²) in [5.74, 6) is -2.31. The van der Waals surface area contributed by atoms with E-state index in [0.29, 0.717) is 0 Å². The standard InChI is InChI=1S/C16H20O9.BH4/c1-5-12(17)22-8-16(9-23-13(18)6-2,10-24-14(19)7-3)11-25-15(20)21-4;/h5-7H,1-3,8-11H2,4H3;1H4/q;-1. The molecule has 26 heavy (non-hydrogen) atoms. The number of esters is 3. The van der Waals surface area contributed by atoms with Gasteiger partial charge in [-0.3, -0.25) is 0 Å². The third kappa shape index (κ3) is 9.96. The smallest absolute Gasteiger partial charge is 0.462 e. The second-order valence-corrected chi connectivity index (χ2v) is 4.68. The minimum atomic E-state index is -1.37. The molecule has 0 N–H and O–H groups in total. The third-order valence-corrected chi connectivity index (χ3v) is 2.72. The van der Waals surface area contributed by atoms with E-state index in [-0.39, 0.29) is 8.41 Å². The summed E-state index contributed by atoms with van der Waals surface area (Å²) in [6.07, 6.45) is 1.72. The first kappa shape index (κ1) is 25.2. The van der Waals surface area contributed by atoms with Crippen LogP contribution >= 0.6 is 0 Å². The van der Waals surface area contributed by atoms with Crippen LogP contribution in [0.25, 0.3) is 0 Å². The van der Waals surface area contributed by atoms with Crippen LogP contribution in [0.4, 0.5) is 4.79 Å². The lowest BCUT2D eigenvalue weighted by Crippen LogP contribution is -2.43. The maximum absolute atomic E-state index is 11.3. The van der Waals surface area contributed by atoms with Crippen LogP contribution in [-0.4, -0.2) is 66.0 Å². The highest BCUT2D eigenvalue weighted by Crippen LogP contribution is 2.21. The lowest BCUT2D eigenvalue weighted by Gasteiger charge is -2.30. The summed E-state index contributed by atoms with van der Waals surface area (Å²) in [6.45, 7) is 8.11. The summed E-state index contributed by atoms with van der Waals surface area (Å²) < 4.78 is 24.0. The Bertz CT molecular complexity index is 482. The Hall–Kier alpha value is -3.04. The Balaban J connectivity index is 0. The van der Waals surface area contributed by atoms with Crippen molar-refractivity contribution in [2.45, 2.75) is 0 Å². The fourth-order valence-corrected chi connectivity index (χ4v) is 1.37. The number of carbonyl (C=O) groups is 4. The Morgan fingerprint density at radius 2 is 1.04 bits per heavy atom. The first-order valence-corrected chi connectivity index (χ1v) is 6.91. The van der Waals surface area contributed by atoms with E-state index in [1.165, 1.54) is 0 Å². The van der Waals surface area contributed by atoms with E-state index >= 15 is 0 Å². The molecule has 0 aromatic rings. The normalized spacial score (nSPS) is 9.58. The predicted octanol–water partition coefficient (Wildman–Crippen LogP) is -0.508. The molecule has 0 unspecified atom stereocenters. The van der Waals surface area contributed by atoms with Gasteiger partial charge in [0.2, 0.25) is 0 Å². The van der Waals surface area contributed by atoms with Gasteiger partial charge in [-0.25, -0.2) is 19.2 Å². The van der Waals surface area contributed by atoms with Crippen LogP contribution in [0, 0.1) is 5.41 Å². The van der Waals surface area contributed by atoms with Gasteiger partial charge in [-0.2, -0.15) is 0 Å². The molecule has 0 bridgehead atoms. The van der Waals surface area contributed by atoms with Crippen LogP contribution < -0.4 is 0 Å². The Morgan fingerprint density at radius 1 is 0.731 bits per heavy atom. The summed E-state index contributed by atoms with van der Waals surface area (Å²) in [5, 5.41) is 0. The molecule has 0 aliphatic carbocycles. The van der Waals surface area contributed by atoms with E-state index in [2.05, 4.69) is 24.5 Å². The lowest BCUT2D eigenvalue weighted by atomic mass is 9.92. The van der Waals surface area contributed by atoms with Gasteiger partial charge in [-0.1, -0.05) is 28.1 Å². The number of hydrogen-bond acceptors (Lipinski definition) is 9. The summed E-state index contributed by atoms with van der Waals surface area (Å²) in [7, 11) is 1.09. The highest BCUT2D eigenvalue weighted by molar-refractivity contribution is 5.82. The van der Waals surface area contributed by atoms with Gasteiger partial charge in [-0.15, -0.1) is 0 Å². The van der Waals surface area contributed by atoms with Crippen molar-refractivity contribution in [3.05, 3.63) is 38.0 Å². The first-order valence-electron chi connectivity index (χ1n) is 6.91. The monoisotopic (exact) mass is 371 g/mol. The molecule has 0 spiro atoms. The predicted molar refractivity (Wildman–Crippen MR) is 95.6 cm³/mol. The highest BCUT2D eigenvalue weighted by atomic mass is 16.7. The zero-order valence-corrected chi connectivity index (χ0v) is 13.9. The molecule has 0 aromatic heterocycles. The Morgan fingerprint density at radius 3 is 1.31 bits per heavy atom. The fourth-order valence-electron chi connectivity index (χ4n) is 1.37. The molecule has 0 rings (SSSR count). The van der Waals surface area contributed by atoms with E-state index in [9.17, 15) is 19.2 Å². The summed E-state index contributed by atoms with van der Waals surface area (Å²) in [5.41, 5.74) is -1.37. The third-order valence-electron chi connectivity index (χ3n) is 2.72. The largest absolute Gasteiger partial charge is 0.508 e. The average Bonchev–Trinajstić information content (AvgIpc) is 2.65. The molecule has 0 saturated heterocycles. The van der Waals surface area contributed by atoms with Gasteiger partial charge < -0.3 is 23.7 Å². The van der Waals surface area contributed by atoms with Crippen molar-refractivity contribution < 1.29 is 42.9 Å². The van der Waals surface area contributed by atoms with Gasteiger partial charge in [0.15, 0.2) is 0 Å². The van der Waals surface area contributed by atoms with Crippen LogP contribution in [0.15, 0.2) is 38.0 Å². The van der Waals surface area contributed by atoms with E-state index in [1.807, 2.05) is 0 Å². The number of methoxy groups -OCH3 is 1. The molecule has 10 heteroatoms. The van der Waals surface area contributed by atoms with Crippen LogP contribution in [0.1, 0.15) is 0 Å². The van der Waals surface area contributed by atoms with E-state index in [0.717, 1.165) is 25.3 Å². The van der Waals surface area contributed by atoms with Gasteiger partial charge >= 0.3 is 24.1 Å². The minimum Gasteiger partial charge on any atom is -0.462 e. The van der Waals surface area contributed by atoms with Crippen molar-refractivity contribution >= 4 is 32.5 Å². The summed E-state index contributed by atoms with van der Waals surface area (Å²) in [4.78, 5) is 45.2. The van der Waals surface area contributed by atoms with Gasteiger partial charge in [0.1, 0.15) is 31.8 Å². The molecule has 0 aliphatic heterocycles. The van der Waals surface area contributed by atoms with Crippen molar-refractivity contribution in [3.8, 4) is 0 Å². The average molecular weight is 371 g/mol. The summed E-state index contributed by atoms with van der Waals surface area (Å²) >= 11 is 0. The zero-order chi connectivity index (χ0) is 19.3. The minimum absolute atomic E-state index is 0. The highest BCUT2D eigenvalue weighted by Gasteiger charge is 2.37. The molecule has 146 valence electrons. The second kappa shape index (κ2) is 13.3. The number of hydrogen-bond donors (Lipinski definition) is 0. The van der Waals surface area contributed by atoms with Crippen LogP contribution in [0.3, 0.4) is 0 Å². The van der Waals surface area contributed by atoms with Gasteiger partial charge in [0.05, 0.1) is 7.11 Å². The topological polar surface area (TPSA) is 114 Å². The molecule has 0 aromatic carbocycles.